The van der Waals surface area contributed by atoms with Crippen molar-refractivity contribution in [2.75, 3.05) is 7.11 Å². The first kappa shape index (κ1) is 10.7. The van der Waals surface area contributed by atoms with E-state index in [1.54, 1.807) is 0 Å². The van der Waals surface area contributed by atoms with E-state index in [4.69, 9.17) is 4.74 Å². The molecule has 1 aliphatic heterocycles. The third kappa shape index (κ3) is 1.95. The van der Waals surface area contributed by atoms with Gasteiger partial charge in [0.05, 0.1) is 0 Å². The Morgan fingerprint density at radius 2 is 2.20 bits per heavy atom. The summed E-state index contributed by atoms with van der Waals surface area (Å²) < 4.78 is 5.97. The Labute approximate surface area is 96.2 Å². The second-order valence-corrected chi connectivity index (χ2v) is 7.17. The summed E-state index contributed by atoms with van der Waals surface area (Å²) in [6.07, 6.45) is 1.90. The first-order valence-corrected chi connectivity index (χ1v) is 6.72. The Bertz CT molecular complexity index is 389. The maximum atomic E-state index is 11.7. The Hall–Kier alpha value is -0.791. The number of esters is 1. The van der Waals surface area contributed by atoms with Crippen LogP contribution >= 0.6 is 0 Å². The SMILES string of the molecule is COC(=O)C1(C)CCc2ccccc2[Se]1. The number of benzene rings is 1. The predicted octanol–water partition coefficient (Wildman–Crippen LogP) is 1.31. The van der Waals surface area contributed by atoms with Gasteiger partial charge in [0, 0.05) is 0 Å². The standard InChI is InChI=1S/C12H14O2Se/c1-12(11(13)14-2)8-7-9-5-3-4-6-10(9)15-12/h3-6H,7-8H2,1-2H3. The van der Waals surface area contributed by atoms with Crippen molar-refractivity contribution >= 4 is 25.4 Å². The number of hydrogen-bond acceptors (Lipinski definition) is 2. The van der Waals surface area contributed by atoms with Gasteiger partial charge in [0.15, 0.2) is 0 Å². The van der Waals surface area contributed by atoms with Gasteiger partial charge in [0.2, 0.25) is 0 Å². The van der Waals surface area contributed by atoms with Crippen LogP contribution in [-0.4, -0.2) is 28.0 Å². The van der Waals surface area contributed by atoms with Gasteiger partial charge < -0.3 is 0 Å². The van der Waals surface area contributed by atoms with Crippen LogP contribution in [0.2, 0.25) is 4.31 Å². The molecule has 0 amide bonds. The van der Waals surface area contributed by atoms with Crippen LogP contribution in [0.3, 0.4) is 0 Å². The topological polar surface area (TPSA) is 26.3 Å². The van der Waals surface area contributed by atoms with Gasteiger partial charge >= 0.3 is 95.9 Å². The minimum atomic E-state index is -0.268. The van der Waals surface area contributed by atoms with Crippen molar-refractivity contribution in [1.82, 2.24) is 0 Å². The van der Waals surface area contributed by atoms with E-state index in [-0.39, 0.29) is 25.2 Å². The average molecular weight is 269 g/mol. The summed E-state index contributed by atoms with van der Waals surface area (Å²) in [7, 11) is 1.48. The molecule has 0 aliphatic carbocycles. The number of hydrogen-bond donors (Lipinski definition) is 0. The normalized spacial score (nSPS) is 24.4. The quantitative estimate of drug-likeness (QED) is 0.567. The molecular formula is C12H14O2Se. The summed E-state index contributed by atoms with van der Waals surface area (Å²) >= 11 is 0.189. The number of carbonyl (C=O) groups excluding carboxylic acids is 1. The zero-order valence-electron chi connectivity index (χ0n) is 8.95. The second-order valence-electron chi connectivity index (χ2n) is 3.93. The Kier molecular flexibility index (Phi) is 2.85. The van der Waals surface area contributed by atoms with E-state index in [1.165, 1.54) is 17.1 Å². The van der Waals surface area contributed by atoms with Crippen LogP contribution in [0, 0.1) is 0 Å². The summed E-state index contributed by atoms with van der Waals surface area (Å²) in [6, 6.07) is 8.41. The summed E-state index contributed by atoms with van der Waals surface area (Å²) in [5.41, 5.74) is 1.40. The summed E-state index contributed by atoms with van der Waals surface area (Å²) in [4.78, 5) is 11.7. The minimum absolute atomic E-state index is 0.0583. The van der Waals surface area contributed by atoms with Crippen molar-refractivity contribution in [2.45, 2.75) is 24.1 Å². The van der Waals surface area contributed by atoms with Crippen molar-refractivity contribution in [3.63, 3.8) is 0 Å². The Morgan fingerprint density at radius 3 is 2.93 bits per heavy atom. The summed E-state index contributed by atoms with van der Waals surface area (Å²) in [5.74, 6) is -0.0583. The molecule has 1 aromatic rings. The molecule has 0 aromatic heterocycles. The van der Waals surface area contributed by atoms with E-state index in [0.717, 1.165) is 12.8 Å². The van der Waals surface area contributed by atoms with Gasteiger partial charge in [-0.3, -0.25) is 0 Å². The van der Waals surface area contributed by atoms with Gasteiger partial charge in [-0.15, -0.1) is 0 Å². The molecule has 1 aromatic carbocycles. The fraction of sp³-hybridized carbons (Fsp3) is 0.417. The molecule has 1 aliphatic rings. The first-order valence-electron chi connectivity index (χ1n) is 5.01. The van der Waals surface area contributed by atoms with E-state index in [0.29, 0.717) is 0 Å². The molecule has 2 rings (SSSR count). The molecule has 0 spiro atoms. The molecule has 0 N–H and O–H groups in total. The molecule has 2 nitrogen and oxygen atoms in total. The van der Waals surface area contributed by atoms with E-state index >= 15 is 0 Å². The van der Waals surface area contributed by atoms with E-state index in [1.807, 2.05) is 13.0 Å². The van der Waals surface area contributed by atoms with Gasteiger partial charge in [-0.2, -0.15) is 0 Å². The van der Waals surface area contributed by atoms with E-state index in [9.17, 15) is 4.79 Å². The summed E-state index contributed by atoms with van der Waals surface area (Å²) in [6.45, 7) is 2.02. The molecule has 3 heteroatoms. The molecule has 0 saturated heterocycles. The van der Waals surface area contributed by atoms with Crippen molar-refractivity contribution in [2.24, 2.45) is 0 Å². The van der Waals surface area contributed by atoms with E-state index in [2.05, 4.69) is 18.2 Å². The van der Waals surface area contributed by atoms with Gasteiger partial charge in [0.1, 0.15) is 0 Å². The number of methoxy groups -OCH3 is 1. The van der Waals surface area contributed by atoms with Crippen molar-refractivity contribution in [3.8, 4) is 0 Å². The number of ether oxygens (including phenoxy) is 1. The molecule has 15 heavy (non-hydrogen) atoms. The average Bonchev–Trinajstić information content (AvgIpc) is 2.27. The van der Waals surface area contributed by atoms with Crippen LogP contribution in [0.25, 0.3) is 0 Å². The Balaban J connectivity index is 2.28. The van der Waals surface area contributed by atoms with Gasteiger partial charge in [-0.1, -0.05) is 0 Å². The van der Waals surface area contributed by atoms with Crippen LogP contribution in [0.1, 0.15) is 18.9 Å². The molecule has 80 valence electrons. The molecule has 1 unspecified atom stereocenters. The molecule has 1 heterocycles. The van der Waals surface area contributed by atoms with Crippen LogP contribution in [0.4, 0.5) is 0 Å². The second kappa shape index (κ2) is 3.99. The van der Waals surface area contributed by atoms with E-state index < -0.39 is 0 Å². The van der Waals surface area contributed by atoms with Crippen LogP contribution < -0.4 is 4.46 Å². The third-order valence-electron chi connectivity index (χ3n) is 2.80. The summed E-state index contributed by atoms with van der Waals surface area (Å²) in [5, 5.41) is 0. The number of rotatable bonds is 1. The predicted molar refractivity (Wildman–Crippen MR) is 60.5 cm³/mol. The molecule has 0 fully saturated rings. The molecule has 1 atom stereocenters. The van der Waals surface area contributed by atoms with Crippen molar-refractivity contribution in [3.05, 3.63) is 29.8 Å². The maximum absolute atomic E-state index is 11.7. The first-order chi connectivity index (χ1) is 7.15. The van der Waals surface area contributed by atoms with Gasteiger partial charge in [-0.05, 0) is 0 Å². The van der Waals surface area contributed by atoms with Crippen LogP contribution in [0.15, 0.2) is 24.3 Å². The fourth-order valence-corrected chi connectivity index (χ4v) is 4.57. The molecule has 0 saturated carbocycles. The molecule has 0 bridgehead atoms. The zero-order chi connectivity index (χ0) is 10.9. The fourth-order valence-electron chi connectivity index (χ4n) is 1.84. The zero-order valence-corrected chi connectivity index (χ0v) is 10.7. The molecule has 0 radical (unpaired) electrons. The van der Waals surface area contributed by atoms with Crippen molar-refractivity contribution < 1.29 is 9.53 Å². The van der Waals surface area contributed by atoms with Gasteiger partial charge in [0.25, 0.3) is 0 Å². The number of carbonyl (C=O) groups is 1. The monoisotopic (exact) mass is 270 g/mol. The van der Waals surface area contributed by atoms with Crippen LogP contribution in [0.5, 0.6) is 0 Å². The molecular weight excluding hydrogens is 255 g/mol. The van der Waals surface area contributed by atoms with Crippen molar-refractivity contribution in [1.29, 1.82) is 0 Å². The third-order valence-corrected chi connectivity index (χ3v) is 5.82. The van der Waals surface area contributed by atoms with Crippen LogP contribution in [-0.2, 0) is 16.0 Å². The number of aryl methyl sites for hydroxylation is 1. The number of fused-ring (bicyclic) bond motifs is 1. The van der Waals surface area contributed by atoms with Gasteiger partial charge in [-0.25, -0.2) is 0 Å². The Morgan fingerprint density at radius 1 is 1.47 bits per heavy atom.